The fourth-order valence-electron chi connectivity index (χ4n) is 5.42. The van der Waals surface area contributed by atoms with Gasteiger partial charge in [-0.1, -0.05) is 13.8 Å². The van der Waals surface area contributed by atoms with E-state index in [0.29, 0.717) is 25.0 Å². The summed E-state index contributed by atoms with van der Waals surface area (Å²) in [5.41, 5.74) is 4.06. The van der Waals surface area contributed by atoms with E-state index < -0.39 is 0 Å². The van der Waals surface area contributed by atoms with Crippen LogP contribution in [0.5, 0.6) is 0 Å². The highest BCUT2D eigenvalue weighted by atomic mass is 16.5. The van der Waals surface area contributed by atoms with Gasteiger partial charge in [-0.3, -0.25) is 0 Å². The van der Waals surface area contributed by atoms with Gasteiger partial charge in [-0.05, 0) is 62.3 Å². The van der Waals surface area contributed by atoms with Crippen LogP contribution in [0.25, 0.3) is 11.4 Å². The van der Waals surface area contributed by atoms with Crippen LogP contribution in [0.3, 0.4) is 0 Å². The third-order valence-corrected chi connectivity index (χ3v) is 7.46. The first kappa shape index (κ1) is 24.0. The Morgan fingerprint density at radius 1 is 1.23 bits per heavy atom. The van der Waals surface area contributed by atoms with Crippen LogP contribution in [-0.4, -0.2) is 54.4 Å². The van der Waals surface area contributed by atoms with Crippen molar-refractivity contribution in [2.75, 3.05) is 36.5 Å². The van der Waals surface area contributed by atoms with Crippen molar-refractivity contribution < 1.29 is 9.53 Å². The molecule has 2 aromatic rings. The molecule has 5 rings (SSSR count). The number of benzene rings is 1. The molecule has 8 heteroatoms. The van der Waals surface area contributed by atoms with Crippen LogP contribution in [-0.2, 0) is 17.7 Å². The van der Waals surface area contributed by atoms with Crippen molar-refractivity contribution >= 4 is 17.5 Å². The summed E-state index contributed by atoms with van der Waals surface area (Å²) in [6.07, 6.45) is 4.34. The Kier molecular flexibility index (Phi) is 7.20. The van der Waals surface area contributed by atoms with E-state index >= 15 is 0 Å². The summed E-state index contributed by atoms with van der Waals surface area (Å²) in [6.45, 7) is 10.7. The Labute approximate surface area is 208 Å². The smallest absolute Gasteiger partial charge is 0.319 e. The summed E-state index contributed by atoms with van der Waals surface area (Å²) in [5.74, 6) is 3.02. The quantitative estimate of drug-likeness (QED) is 0.582. The molecular formula is C27H38N6O2. The molecule has 0 bridgehead atoms. The van der Waals surface area contributed by atoms with Crippen molar-refractivity contribution in [3.8, 4) is 11.4 Å². The van der Waals surface area contributed by atoms with Crippen molar-refractivity contribution in [3.05, 3.63) is 35.5 Å². The fourth-order valence-corrected chi connectivity index (χ4v) is 5.42. The van der Waals surface area contributed by atoms with Crippen molar-refractivity contribution in [3.63, 3.8) is 0 Å². The second kappa shape index (κ2) is 10.5. The van der Waals surface area contributed by atoms with Crippen molar-refractivity contribution in [1.29, 1.82) is 0 Å². The van der Waals surface area contributed by atoms with Gasteiger partial charge in [0, 0.05) is 48.9 Å². The lowest BCUT2D eigenvalue weighted by molar-refractivity contribution is 0.0984. The number of anilines is 2. The summed E-state index contributed by atoms with van der Waals surface area (Å²) < 4.78 is 5.65. The molecule has 1 saturated heterocycles. The number of fused-ring (bicyclic) bond motifs is 1. The van der Waals surface area contributed by atoms with E-state index in [0.717, 1.165) is 61.1 Å². The minimum Gasteiger partial charge on any atom is -0.377 e. The maximum absolute atomic E-state index is 12.5. The molecule has 8 nitrogen and oxygen atoms in total. The van der Waals surface area contributed by atoms with E-state index in [1.165, 1.54) is 18.4 Å². The predicted molar refractivity (Wildman–Crippen MR) is 139 cm³/mol. The molecule has 1 aromatic carbocycles. The van der Waals surface area contributed by atoms with Gasteiger partial charge in [-0.2, -0.15) is 0 Å². The van der Waals surface area contributed by atoms with Crippen LogP contribution in [0.2, 0.25) is 0 Å². The molecule has 1 saturated carbocycles. The Hall–Kier alpha value is -2.71. The minimum atomic E-state index is -0.127. The molecule has 2 aliphatic heterocycles. The number of hydrogen-bond donors (Lipinski definition) is 3. The van der Waals surface area contributed by atoms with Gasteiger partial charge >= 0.3 is 6.03 Å². The number of hydrogen-bond acceptors (Lipinski definition) is 6. The first-order valence-electron chi connectivity index (χ1n) is 13.1. The molecule has 1 aromatic heterocycles. The van der Waals surface area contributed by atoms with E-state index in [2.05, 4.69) is 41.6 Å². The summed E-state index contributed by atoms with van der Waals surface area (Å²) in [4.78, 5) is 24.9. The maximum Gasteiger partial charge on any atom is 0.319 e. The molecule has 3 aliphatic rings. The number of carbonyl (C=O) groups is 1. The normalized spacial score (nSPS) is 24.0. The molecule has 1 aliphatic carbocycles. The average molecular weight is 479 g/mol. The molecule has 35 heavy (non-hydrogen) atoms. The Balaban J connectivity index is 1.30. The summed E-state index contributed by atoms with van der Waals surface area (Å²) >= 11 is 0. The first-order chi connectivity index (χ1) is 17.0. The lowest BCUT2D eigenvalue weighted by atomic mass is 9.75. The van der Waals surface area contributed by atoms with Gasteiger partial charge in [0.05, 0.1) is 24.9 Å². The van der Waals surface area contributed by atoms with E-state index in [1.54, 1.807) is 0 Å². The van der Waals surface area contributed by atoms with Gasteiger partial charge in [-0.25, -0.2) is 14.8 Å². The third-order valence-electron chi connectivity index (χ3n) is 7.46. The zero-order valence-electron chi connectivity index (χ0n) is 21.1. The molecule has 3 N–H and O–H groups in total. The number of carbonyl (C=O) groups excluding carboxylic acids is 1. The zero-order chi connectivity index (χ0) is 24.4. The number of aromatic nitrogens is 2. The summed E-state index contributed by atoms with van der Waals surface area (Å²) in [6, 6.07) is 8.30. The standard InChI is InChI=1S/C27H38N6O2/c1-17(2)14-20-6-9-23(20)31-27(34)29-21-7-4-19(5-8-21)25-30-24-10-11-28-15-22(24)26(32-25)33-12-13-35-16-18(33)3/h4-5,7-8,17-18,20,23,28H,6,9-16H2,1-3H3,(H2,29,31,34). The van der Waals surface area contributed by atoms with Gasteiger partial charge in [0.25, 0.3) is 0 Å². The van der Waals surface area contributed by atoms with Gasteiger partial charge in [0.2, 0.25) is 0 Å². The lowest BCUT2D eigenvalue weighted by Gasteiger charge is -2.38. The van der Waals surface area contributed by atoms with Gasteiger partial charge in [-0.15, -0.1) is 0 Å². The summed E-state index contributed by atoms with van der Waals surface area (Å²) in [5, 5.41) is 9.61. The number of nitrogens with one attached hydrogen (secondary N) is 3. The highest BCUT2D eigenvalue weighted by molar-refractivity contribution is 5.89. The highest BCUT2D eigenvalue weighted by Gasteiger charge is 2.32. The Morgan fingerprint density at radius 2 is 2.06 bits per heavy atom. The van der Waals surface area contributed by atoms with Crippen molar-refractivity contribution in [2.45, 2.75) is 65.1 Å². The maximum atomic E-state index is 12.5. The van der Waals surface area contributed by atoms with Crippen LogP contribution < -0.4 is 20.9 Å². The molecule has 3 unspecified atom stereocenters. The van der Waals surface area contributed by atoms with Gasteiger partial charge in [0.1, 0.15) is 5.82 Å². The Morgan fingerprint density at radius 3 is 2.77 bits per heavy atom. The molecule has 3 atom stereocenters. The fraction of sp³-hybridized carbons (Fsp3) is 0.593. The largest absolute Gasteiger partial charge is 0.377 e. The molecule has 2 fully saturated rings. The van der Waals surface area contributed by atoms with Gasteiger partial charge < -0.3 is 25.6 Å². The number of amides is 2. The molecule has 2 amide bonds. The van der Waals surface area contributed by atoms with Crippen LogP contribution in [0.15, 0.2) is 24.3 Å². The number of rotatable bonds is 6. The number of nitrogens with zero attached hydrogens (tertiary/aromatic N) is 3. The highest BCUT2D eigenvalue weighted by Crippen LogP contribution is 2.33. The van der Waals surface area contributed by atoms with Gasteiger partial charge in [0.15, 0.2) is 5.82 Å². The molecule has 0 spiro atoms. The Bertz CT molecular complexity index is 1040. The lowest BCUT2D eigenvalue weighted by Crippen LogP contribution is -2.48. The predicted octanol–water partition coefficient (Wildman–Crippen LogP) is 3.96. The first-order valence-corrected chi connectivity index (χ1v) is 13.1. The monoisotopic (exact) mass is 478 g/mol. The molecular weight excluding hydrogens is 440 g/mol. The van der Waals surface area contributed by atoms with E-state index in [9.17, 15) is 4.79 Å². The number of urea groups is 1. The second-order valence-electron chi connectivity index (χ2n) is 10.6. The van der Waals surface area contributed by atoms with Crippen LogP contribution in [0.1, 0.15) is 51.3 Å². The van der Waals surface area contributed by atoms with Crippen molar-refractivity contribution in [1.82, 2.24) is 20.6 Å². The third kappa shape index (κ3) is 5.43. The minimum absolute atomic E-state index is 0.127. The van der Waals surface area contributed by atoms with Crippen molar-refractivity contribution in [2.24, 2.45) is 11.8 Å². The van der Waals surface area contributed by atoms with Crippen LogP contribution in [0.4, 0.5) is 16.3 Å². The van der Waals surface area contributed by atoms with Crippen LogP contribution in [0, 0.1) is 11.8 Å². The van der Waals surface area contributed by atoms with E-state index in [1.807, 2.05) is 24.3 Å². The van der Waals surface area contributed by atoms with Crippen LogP contribution >= 0.6 is 0 Å². The molecule has 0 radical (unpaired) electrons. The average Bonchev–Trinajstić information content (AvgIpc) is 2.85. The number of morpholine rings is 1. The topological polar surface area (TPSA) is 91.4 Å². The molecule has 188 valence electrons. The molecule has 3 heterocycles. The zero-order valence-corrected chi connectivity index (χ0v) is 21.1. The number of ether oxygens (including phenoxy) is 1. The van der Waals surface area contributed by atoms with E-state index in [4.69, 9.17) is 14.7 Å². The second-order valence-corrected chi connectivity index (χ2v) is 10.6. The summed E-state index contributed by atoms with van der Waals surface area (Å²) in [7, 11) is 0. The van der Waals surface area contributed by atoms with E-state index in [-0.39, 0.29) is 18.1 Å². The SMILES string of the molecule is CC(C)CC1CCC1NC(=O)Nc1ccc(-c2nc3c(c(N4CCOCC4C)n2)CNCC3)cc1.